The van der Waals surface area contributed by atoms with Gasteiger partial charge in [0.25, 0.3) is 0 Å². The van der Waals surface area contributed by atoms with Crippen LogP contribution in [0.25, 0.3) is 6.08 Å². The number of anilines is 1. The summed E-state index contributed by atoms with van der Waals surface area (Å²) in [6.07, 6.45) is 5.82. The predicted octanol–water partition coefficient (Wildman–Crippen LogP) is 3.92. The summed E-state index contributed by atoms with van der Waals surface area (Å²) < 4.78 is 26.6. The van der Waals surface area contributed by atoms with Crippen molar-refractivity contribution >= 4 is 38.5 Å². The van der Waals surface area contributed by atoms with E-state index in [1.54, 1.807) is 17.4 Å². The highest BCUT2D eigenvalue weighted by Gasteiger charge is 2.30. The minimum absolute atomic E-state index is 0.0500. The Labute approximate surface area is 182 Å². The smallest absolute Gasteiger partial charge is 0.236 e. The van der Waals surface area contributed by atoms with Crippen LogP contribution < -0.4 is 5.32 Å². The van der Waals surface area contributed by atoms with E-state index in [0.29, 0.717) is 37.0 Å². The zero-order chi connectivity index (χ0) is 21.1. The average molecular weight is 446 g/mol. The fourth-order valence-corrected chi connectivity index (χ4v) is 6.38. The summed E-state index contributed by atoms with van der Waals surface area (Å²) in [5.74, 6) is 0.434. The minimum Gasteiger partial charge on any atom is -0.302 e. The number of carbonyl (C=O) groups is 1. The monoisotopic (exact) mass is 445 g/mol. The van der Waals surface area contributed by atoms with Crippen molar-refractivity contribution < 1.29 is 13.2 Å². The van der Waals surface area contributed by atoms with Gasteiger partial charge in [-0.25, -0.2) is 13.4 Å². The first-order valence-electron chi connectivity index (χ1n) is 10.4. The number of sulfonamides is 1. The molecular weight excluding hydrogens is 418 g/mol. The van der Waals surface area contributed by atoms with E-state index in [2.05, 4.69) is 17.2 Å². The summed E-state index contributed by atoms with van der Waals surface area (Å²) in [4.78, 5) is 18.6. The quantitative estimate of drug-likeness (QED) is 0.757. The van der Waals surface area contributed by atoms with E-state index in [-0.39, 0.29) is 11.8 Å². The molecule has 6 nitrogen and oxygen atoms in total. The Bertz CT molecular complexity index is 1020. The van der Waals surface area contributed by atoms with Gasteiger partial charge in [-0.3, -0.25) is 4.79 Å². The SMILES string of the molecule is CC1CCc2nc(NC(=O)C3CCN(S(=O)(=O)C=Cc4ccccc4)CC3)sc2C1. The number of aromatic nitrogens is 1. The molecule has 2 heterocycles. The summed E-state index contributed by atoms with van der Waals surface area (Å²) >= 11 is 1.58. The number of fused-ring (bicyclic) bond motifs is 1. The highest BCUT2D eigenvalue weighted by atomic mass is 32.2. The van der Waals surface area contributed by atoms with Crippen molar-refractivity contribution in [2.45, 2.75) is 39.0 Å². The largest absolute Gasteiger partial charge is 0.302 e. The Morgan fingerprint density at radius 1 is 1.20 bits per heavy atom. The highest BCUT2D eigenvalue weighted by Crippen LogP contribution is 2.32. The number of thiazole rings is 1. The normalized spacial score (nSPS) is 20.9. The standard InChI is InChI=1S/C22H27N3O3S2/c1-16-7-8-19-20(15-16)29-22(23-19)24-21(26)18-9-12-25(13-10-18)30(27,28)14-11-17-5-3-2-4-6-17/h2-6,11,14,16,18H,7-10,12-13,15H2,1H3,(H,23,24,26). The molecule has 1 aliphatic carbocycles. The van der Waals surface area contributed by atoms with Crippen LogP contribution >= 0.6 is 11.3 Å². The van der Waals surface area contributed by atoms with Crippen LogP contribution in [-0.4, -0.2) is 36.7 Å². The molecule has 1 amide bonds. The van der Waals surface area contributed by atoms with E-state index in [0.717, 1.165) is 30.5 Å². The third-order valence-corrected chi connectivity index (χ3v) is 8.43. The van der Waals surface area contributed by atoms with Crippen LogP contribution in [0.1, 0.15) is 42.3 Å². The Kier molecular flexibility index (Phi) is 6.36. The Morgan fingerprint density at radius 3 is 2.67 bits per heavy atom. The second-order valence-electron chi connectivity index (χ2n) is 8.16. The summed E-state index contributed by atoms with van der Waals surface area (Å²) in [5, 5.41) is 4.90. The second-order valence-corrected chi connectivity index (χ2v) is 11.1. The van der Waals surface area contributed by atoms with Crippen LogP contribution in [0.5, 0.6) is 0 Å². The van der Waals surface area contributed by atoms with Crippen LogP contribution in [0.2, 0.25) is 0 Å². The first-order valence-corrected chi connectivity index (χ1v) is 12.8. The summed E-state index contributed by atoms with van der Waals surface area (Å²) in [5.41, 5.74) is 1.97. The Balaban J connectivity index is 1.32. The molecule has 4 rings (SSSR count). The van der Waals surface area contributed by atoms with E-state index in [1.807, 2.05) is 30.3 Å². The Hall–Kier alpha value is -2.03. The van der Waals surface area contributed by atoms with E-state index in [1.165, 1.54) is 14.6 Å². The maximum atomic E-state index is 12.7. The van der Waals surface area contributed by atoms with Gasteiger partial charge < -0.3 is 5.32 Å². The molecule has 1 N–H and O–H groups in total. The topological polar surface area (TPSA) is 79.4 Å². The lowest BCUT2D eigenvalue weighted by Crippen LogP contribution is -2.40. The zero-order valence-electron chi connectivity index (χ0n) is 17.1. The number of benzene rings is 1. The molecule has 1 aliphatic heterocycles. The summed E-state index contributed by atoms with van der Waals surface area (Å²) in [6, 6.07) is 9.36. The third kappa shape index (κ3) is 4.99. The van der Waals surface area contributed by atoms with Crippen molar-refractivity contribution in [2.75, 3.05) is 18.4 Å². The molecule has 2 aromatic rings. The molecule has 1 fully saturated rings. The van der Waals surface area contributed by atoms with Gasteiger partial charge in [0.15, 0.2) is 5.13 Å². The number of nitrogens with zero attached hydrogens (tertiary/aromatic N) is 2. The molecule has 0 bridgehead atoms. The van der Waals surface area contributed by atoms with Gasteiger partial charge in [0.2, 0.25) is 15.9 Å². The molecule has 1 unspecified atom stereocenters. The van der Waals surface area contributed by atoms with Crippen molar-refractivity contribution in [2.24, 2.45) is 11.8 Å². The van der Waals surface area contributed by atoms with Crippen molar-refractivity contribution in [1.29, 1.82) is 0 Å². The highest BCUT2D eigenvalue weighted by molar-refractivity contribution is 7.92. The number of hydrogen-bond donors (Lipinski definition) is 1. The first-order chi connectivity index (χ1) is 14.4. The molecule has 0 spiro atoms. The number of nitrogens with one attached hydrogen (secondary N) is 1. The van der Waals surface area contributed by atoms with Gasteiger partial charge in [0, 0.05) is 29.3 Å². The van der Waals surface area contributed by atoms with E-state index >= 15 is 0 Å². The van der Waals surface area contributed by atoms with Gasteiger partial charge in [0.1, 0.15) is 0 Å². The van der Waals surface area contributed by atoms with Crippen molar-refractivity contribution in [3.63, 3.8) is 0 Å². The Morgan fingerprint density at radius 2 is 1.93 bits per heavy atom. The molecule has 30 heavy (non-hydrogen) atoms. The molecule has 1 atom stereocenters. The molecule has 1 aromatic heterocycles. The first kappa shape index (κ1) is 21.2. The van der Waals surface area contributed by atoms with Crippen LogP contribution in [0, 0.1) is 11.8 Å². The van der Waals surface area contributed by atoms with E-state index < -0.39 is 10.0 Å². The number of rotatable bonds is 5. The number of aryl methyl sites for hydroxylation is 1. The van der Waals surface area contributed by atoms with Crippen molar-refractivity contribution in [1.82, 2.24) is 9.29 Å². The lowest BCUT2D eigenvalue weighted by molar-refractivity contribution is -0.120. The number of carbonyl (C=O) groups excluding carboxylic acids is 1. The third-order valence-electron chi connectivity index (χ3n) is 5.83. The van der Waals surface area contributed by atoms with Gasteiger partial charge in [-0.2, -0.15) is 4.31 Å². The zero-order valence-corrected chi connectivity index (χ0v) is 18.7. The fraction of sp³-hybridized carbons (Fsp3) is 0.455. The summed E-state index contributed by atoms with van der Waals surface area (Å²) in [7, 11) is -3.49. The lowest BCUT2D eigenvalue weighted by Gasteiger charge is -2.29. The average Bonchev–Trinajstić information content (AvgIpc) is 3.14. The second kappa shape index (κ2) is 8.99. The molecule has 2 aliphatic rings. The van der Waals surface area contributed by atoms with Gasteiger partial charge >= 0.3 is 0 Å². The van der Waals surface area contributed by atoms with Crippen LogP contribution in [0.4, 0.5) is 5.13 Å². The van der Waals surface area contributed by atoms with Gasteiger partial charge in [0.05, 0.1) is 5.69 Å². The number of hydrogen-bond acceptors (Lipinski definition) is 5. The fourth-order valence-electron chi connectivity index (χ4n) is 3.99. The van der Waals surface area contributed by atoms with Crippen molar-refractivity contribution in [3.8, 4) is 0 Å². The molecule has 1 aromatic carbocycles. The van der Waals surface area contributed by atoms with Gasteiger partial charge in [-0.15, -0.1) is 11.3 Å². The maximum absolute atomic E-state index is 12.7. The minimum atomic E-state index is -3.49. The molecule has 1 saturated heterocycles. The van der Waals surface area contributed by atoms with Crippen LogP contribution in [0.3, 0.4) is 0 Å². The number of amides is 1. The van der Waals surface area contributed by atoms with Crippen molar-refractivity contribution in [3.05, 3.63) is 51.9 Å². The molecule has 8 heteroatoms. The molecule has 0 radical (unpaired) electrons. The van der Waals surface area contributed by atoms with Crippen LogP contribution in [0.15, 0.2) is 35.7 Å². The molecule has 160 valence electrons. The summed E-state index contributed by atoms with van der Waals surface area (Å²) in [6.45, 7) is 2.95. The molecule has 0 saturated carbocycles. The number of piperidine rings is 1. The van der Waals surface area contributed by atoms with Gasteiger partial charge in [-0.1, -0.05) is 37.3 Å². The van der Waals surface area contributed by atoms with E-state index in [4.69, 9.17) is 0 Å². The maximum Gasteiger partial charge on any atom is 0.236 e. The lowest BCUT2D eigenvalue weighted by atomic mass is 9.93. The van der Waals surface area contributed by atoms with E-state index in [9.17, 15) is 13.2 Å². The predicted molar refractivity (Wildman–Crippen MR) is 121 cm³/mol. The van der Waals surface area contributed by atoms with Crippen LogP contribution in [-0.2, 0) is 27.7 Å². The molecular formula is C22H27N3O3S2. The van der Waals surface area contributed by atoms with Gasteiger partial charge in [-0.05, 0) is 49.7 Å².